The Kier molecular flexibility index (Phi) is 4.79. The van der Waals surface area contributed by atoms with Crippen LogP contribution in [0.2, 0.25) is 0 Å². The van der Waals surface area contributed by atoms with Gasteiger partial charge in [0.1, 0.15) is 10.6 Å². The molecule has 0 fully saturated rings. The zero-order chi connectivity index (χ0) is 20.4. The van der Waals surface area contributed by atoms with Gasteiger partial charge in [-0.2, -0.15) is 13.5 Å². The number of anilines is 1. The first-order valence-electron chi connectivity index (χ1n) is 8.64. The van der Waals surface area contributed by atoms with Gasteiger partial charge in [0, 0.05) is 23.2 Å². The Labute approximate surface area is 167 Å². The van der Waals surface area contributed by atoms with E-state index in [-0.39, 0.29) is 16.3 Å². The molecule has 0 aliphatic heterocycles. The Morgan fingerprint density at radius 2 is 1.59 bits per heavy atom. The maximum Gasteiger partial charge on any atom is 0.295 e. The molecule has 144 valence electrons. The number of hydrogen-bond donors (Lipinski definition) is 2. The van der Waals surface area contributed by atoms with Gasteiger partial charge in [0.25, 0.3) is 10.1 Å². The fourth-order valence-electron chi connectivity index (χ4n) is 3.01. The van der Waals surface area contributed by atoms with Crippen molar-refractivity contribution in [1.82, 2.24) is 4.98 Å². The molecule has 0 radical (unpaired) electrons. The van der Waals surface area contributed by atoms with Crippen molar-refractivity contribution in [2.45, 2.75) is 4.90 Å². The van der Waals surface area contributed by atoms with E-state index in [1.807, 2.05) is 24.3 Å². The molecule has 0 aliphatic carbocycles. The maximum absolute atomic E-state index is 11.8. The minimum Gasteiger partial charge on any atom is -0.396 e. The van der Waals surface area contributed by atoms with Crippen molar-refractivity contribution >= 4 is 38.0 Å². The Hall–Kier alpha value is -3.62. The second-order valence-electron chi connectivity index (χ2n) is 6.32. The highest BCUT2D eigenvalue weighted by atomic mass is 32.2. The topological polar surface area (TPSA) is 118 Å². The molecule has 1 heterocycles. The highest BCUT2D eigenvalue weighted by molar-refractivity contribution is 7.86. The van der Waals surface area contributed by atoms with Gasteiger partial charge in [0.05, 0.1) is 11.4 Å². The number of nitrogens with two attached hydrogens (primary N) is 1. The summed E-state index contributed by atoms with van der Waals surface area (Å²) in [4.78, 5) is 3.84. The fourth-order valence-corrected chi connectivity index (χ4v) is 3.73. The van der Waals surface area contributed by atoms with Crippen molar-refractivity contribution in [3.63, 3.8) is 0 Å². The second kappa shape index (κ2) is 7.42. The SMILES string of the molecule is Nc1c(/N=N/c2ccc(-c3cccnc3)cc2)cc(S(=O)(=O)O)c2ccccc12. The molecule has 0 spiro atoms. The van der Waals surface area contributed by atoms with Crippen molar-refractivity contribution in [2.75, 3.05) is 5.73 Å². The van der Waals surface area contributed by atoms with Gasteiger partial charge in [-0.1, -0.05) is 42.5 Å². The molecule has 29 heavy (non-hydrogen) atoms. The lowest BCUT2D eigenvalue weighted by molar-refractivity contribution is 0.484. The quantitative estimate of drug-likeness (QED) is 0.277. The van der Waals surface area contributed by atoms with E-state index in [9.17, 15) is 13.0 Å². The predicted octanol–water partition coefficient (Wildman–Crippen LogP) is 5.15. The molecular weight excluding hydrogens is 388 g/mol. The molecule has 3 N–H and O–H groups in total. The first-order chi connectivity index (χ1) is 13.9. The number of aromatic nitrogens is 1. The van der Waals surface area contributed by atoms with Crippen LogP contribution < -0.4 is 5.73 Å². The smallest absolute Gasteiger partial charge is 0.295 e. The molecule has 7 nitrogen and oxygen atoms in total. The lowest BCUT2D eigenvalue weighted by Gasteiger charge is -2.09. The Bertz CT molecular complexity index is 1320. The minimum atomic E-state index is -4.45. The van der Waals surface area contributed by atoms with Gasteiger partial charge in [-0.05, 0) is 35.4 Å². The molecule has 0 atom stereocenters. The van der Waals surface area contributed by atoms with E-state index < -0.39 is 10.1 Å². The monoisotopic (exact) mass is 404 g/mol. The van der Waals surface area contributed by atoms with E-state index in [1.54, 1.807) is 48.8 Å². The Morgan fingerprint density at radius 1 is 0.862 bits per heavy atom. The molecule has 4 rings (SSSR count). The van der Waals surface area contributed by atoms with Gasteiger partial charge in [0.2, 0.25) is 0 Å². The van der Waals surface area contributed by atoms with E-state index in [0.717, 1.165) is 11.1 Å². The minimum absolute atomic E-state index is 0.160. The van der Waals surface area contributed by atoms with E-state index in [1.165, 1.54) is 6.07 Å². The lowest BCUT2D eigenvalue weighted by Crippen LogP contribution is -2.01. The highest BCUT2D eigenvalue weighted by Crippen LogP contribution is 2.36. The van der Waals surface area contributed by atoms with Gasteiger partial charge in [0.15, 0.2) is 0 Å². The van der Waals surface area contributed by atoms with Crippen LogP contribution in [0.5, 0.6) is 0 Å². The Morgan fingerprint density at radius 3 is 2.24 bits per heavy atom. The molecule has 8 heteroatoms. The summed E-state index contributed by atoms with van der Waals surface area (Å²) >= 11 is 0. The third kappa shape index (κ3) is 3.84. The summed E-state index contributed by atoms with van der Waals surface area (Å²) in [5.41, 5.74) is 9.13. The number of nitrogens with zero attached hydrogens (tertiary/aromatic N) is 3. The lowest BCUT2D eigenvalue weighted by atomic mass is 10.1. The van der Waals surface area contributed by atoms with E-state index in [4.69, 9.17) is 5.73 Å². The van der Waals surface area contributed by atoms with Crippen molar-refractivity contribution in [3.8, 4) is 11.1 Å². The van der Waals surface area contributed by atoms with Crippen LogP contribution in [-0.4, -0.2) is 18.0 Å². The predicted molar refractivity (Wildman–Crippen MR) is 112 cm³/mol. The van der Waals surface area contributed by atoms with E-state index in [2.05, 4.69) is 15.2 Å². The summed E-state index contributed by atoms with van der Waals surface area (Å²) in [6.45, 7) is 0. The van der Waals surface area contributed by atoms with Crippen LogP contribution in [0.3, 0.4) is 0 Å². The van der Waals surface area contributed by atoms with Crippen molar-refractivity contribution < 1.29 is 13.0 Å². The normalized spacial score (nSPS) is 11.9. The summed E-state index contributed by atoms with van der Waals surface area (Å²) in [5.74, 6) is 0. The first kappa shape index (κ1) is 18.7. The van der Waals surface area contributed by atoms with Crippen LogP contribution in [0.25, 0.3) is 21.9 Å². The zero-order valence-electron chi connectivity index (χ0n) is 15.1. The van der Waals surface area contributed by atoms with Gasteiger partial charge >= 0.3 is 0 Å². The number of nitrogen functional groups attached to an aromatic ring is 1. The molecule has 0 aliphatic rings. The van der Waals surface area contributed by atoms with Crippen LogP contribution in [0.4, 0.5) is 17.1 Å². The summed E-state index contributed by atoms with van der Waals surface area (Å²) < 4.78 is 33.2. The standard InChI is InChI=1S/C21H16N4O3S/c22-21-18-6-2-1-5-17(18)20(29(26,27)28)12-19(21)25-24-16-9-7-14(8-10-16)15-4-3-11-23-13-15/h1-13H,22H2,(H,26,27,28)/b25-24+. The Balaban J connectivity index is 1.72. The molecule has 3 aromatic carbocycles. The van der Waals surface area contributed by atoms with Crippen molar-refractivity contribution in [1.29, 1.82) is 0 Å². The molecule has 0 amide bonds. The number of azo groups is 1. The summed E-state index contributed by atoms with van der Waals surface area (Å²) in [6, 6.07) is 19.0. The average molecular weight is 404 g/mol. The molecule has 4 aromatic rings. The molecule has 0 unspecified atom stereocenters. The second-order valence-corrected chi connectivity index (χ2v) is 7.71. The third-order valence-electron chi connectivity index (χ3n) is 4.44. The van der Waals surface area contributed by atoms with Crippen LogP contribution in [0, 0.1) is 0 Å². The number of hydrogen-bond acceptors (Lipinski definition) is 6. The third-order valence-corrected chi connectivity index (χ3v) is 5.33. The summed E-state index contributed by atoms with van der Waals surface area (Å²) in [5, 5.41) is 9.07. The zero-order valence-corrected chi connectivity index (χ0v) is 15.9. The van der Waals surface area contributed by atoms with Crippen LogP contribution in [0.1, 0.15) is 0 Å². The van der Waals surface area contributed by atoms with Crippen molar-refractivity contribution in [2.24, 2.45) is 10.2 Å². The van der Waals surface area contributed by atoms with Gasteiger partial charge in [-0.3, -0.25) is 9.54 Å². The number of pyridine rings is 1. The highest BCUT2D eigenvalue weighted by Gasteiger charge is 2.18. The summed E-state index contributed by atoms with van der Waals surface area (Å²) in [7, 11) is -4.45. The fraction of sp³-hybridized carbons (Fsp3) is 0. The van der Waals surface area contributed by atoms with E-state index >= 15 is 0 Å². The van der Waals surface area contributed by atoms with E-state index in [0.29, 0.717) is 16.5 Å². The van der Waals surface area contributed by atoms with Gasteiger partial charge in [-0.25, -0.2) is 0 Å². The van der Waals surface area contributed by atoms with Crippen LogP contribution >= 0.6 is 0 Å². The molecule has 0 bridgehead atoms. The van der Waals surface area contributed by atoms with Crippen LogP contribution in [-0.2, 0) is 10.1 Å². The molecule has 1 aromatic heterocycles. The largest absolute Gasteiger partial charge is 0.396 e. The molecule has 0 saturated carbocycles. The maximum atomic E-state index is 11.8. The van der Waals surface area contributed by atoms with Gasteiger partial charge < -0.3 is 5.73 Å². The van der Waals surface area contributed by atoms with Gasteiger partial charge in [-0.15, -0.1) is 5.11 Å². The molecule has 0 saturated heterocycles. The number of fused-ring (bicyclic) bond motifs is 1. The first-order valence-corrected chi connectivity index (χ1v) is 10.1. The van der Waals surface area contributed by atoms with Crippen LogP contribution in [0.15, 0.2) is 94.2 Å². The molecular formula is C21H16N4O3S. The summed E-state index contributed by atoms with van der Waals surface area (Å²) in [6.07, 6.45) is 3.48. The average Bonchev–Trinajstić information content (AvgIpc) is 2.73. The number of benzene rings is 3. The van der Waals surface area contributed by atoms with Crippen molar-refractivity contribution in [3.05, 3.63) is 79.1 Å². The number of rotatable bonds is 4.